The molecule has 2 heteroatoms. The number of carbonyl (C=O) groups excluding carboxylic acids is 1. The van der Waals surface area contributed by atoms with Crippen molar-refractivity contribution in [1.82, 2.24) is 0 Å². The Hall–Kier alpha value is -0.370. The van der Waals surface area contributed by atoms with Gasteiger partial charge in [0.15, 0.2) is 0 Å². The molecule has 3 rings (SSSR count). The minimum absolute atomic E-state index is 0.0946. The molecule has 3 aliphatic rings. The van der Waals surface area contributed by atoms with Gasteiger partial charge in [-0.2, -0.15) is 0 Å². The lowest BCUT2D eigenvalue weighted by Crippen LogP contribution is -2.41. The molecule has 2 nitrogen and oxygen atoms in total. The van der Waals surface area contributed by atoms with Crippen LogP contribution >= 0.6 is 0 Å². The Morgan fingerprint density at radius 2 is 1.90 bits per heavy atom. The SMILES string of the molecule is CCC1CCCC(C(=O)C2CCOC3(CCCC3)C2)C1. The Kier molecular flexibility index (Phi) is 4.49. The fourth-order valence-corrected chi connectivity index (χ4v) is 4.89. The first-order chi connectivity index (χ1) is 9.72. The van der Waals surface area contributed by atoms with E-state index in [-0.39, 0.29) is 5.60 Å². The first kappa shape index (κ1) is 14.6. The third-order valence-corrected chi connectivity index (χ3v) is 6.17. The van der Waals surface area contributed by atoms with Gasteiger partial charge in [0.1, 0.15) is 5.78 Å². The van der Waals surface area contributed by atoms with Crippen molar-refractivity contribution >= 4 is 5.78 Å². The molecule has 0 N–H and O–H groups in total. The predicted octanol–water partition coefficient (Wildman–Crippen LogP) is 4.51. The van der Waals surface area contributed by atoms with Crippen LogP contribution in [0.2, 0.25) is 0 Å². The normalized spacial score (nSPS) is 37.1. The molecular weight excluding hydrogens is 248 g/mol. The molecule has 0 amide bonds. The second-order valence-corrected chi connectivity index (χ2v) is 7.47. The minimum atomic E-state index is 0.0946. The number of Topliss-reactive ketones (excluding diaryl/α,β-unsaturated/α-hetero) is 1. The third kappa shape index (κ3) is 2.95. The summed E-state index contributed by atoms with van der Waals surface area (Å²) in [4.78, 5) is 12.9. The van der Waals surface area contributed by atoms with E-state index in [4.69, 9.17) is 4.74 Å². The topological polar surface area (TPSA) is 26.3 Å². The molecule has 1 aliphatic heterocycles. The highest BCUT2D eigenvalue weighted by Crippen LogP contribution is 2.44. The molecule has 20 heavy (non-hydrogen) atoms. The molecule has 0 aromatic heterocycles. The van der Waals surface area contributed by atoms with E-state index in [0.717, 1.165) is 31.8 Å². The Balaban J connectivity index is 1.61. The van der Waals surface area contributed by atoms with Gasteiger partial charge in [0.05, 0.1) is 5.60 Å². The smallest absolute Gasteiger partial charge is 0.139 e. The van der Waals surface area contributed by atoms with Crippen LogP contribution in [0.15, 0.2) is 0 Å². The van der Waals surface area contributed by atoms with Gasteiger partial charge in [0, 0.05) is 18.4 Å². The maximum atomic E-state index is 12.9. The Bertz CT molecular complexity index is 343. The molecular formula is C18H30O2. The first-order valence-electron chi connectivity index (χ1n) is 8.90. The van der Waals surface area contributed by atoms with Crippen molar-refractivity contribution in [3.05, 3.63) is 0 Å². The number of ketones is 1. The van der Waals surface area contributed by atoms with Gasteiger partial charge in [0.2, 0.25) is 0 Å². The summed E-state index contributed by atoms with van der Waals surface area (Å²) < 4.78 is 6.08. The zero-order valence-corrected chi connectivity index (χ0v) is 13.0. The van der Waals surface area contributed by atoms with Crippen molar-refractivity contribution in [3.8, 4) is 0 Å². The van der Waals surface area contributed by atoms with Crippen LogP contribution in [0.4, 0.5) is 0 Å². The molecule has 0 radical (unpaired) electrons. The summed E-state index contributed by atoms with van der Waals surface area (Å²) in [5.74, 6) is 2.08. The molecule has 3 unspecified atom stereocenters. The summed E-state index contributed by atoms with van der Waals surface area (Å²) in [5.41, 5.74) is 0.0946. The monoisotopic (exact) mass is 278 g/mol. The zero-order valence-electron chi connectivity index (χ0n) is 13.0. The molecule has 3 fully saturated rings. The van der Waals surface area contributed by atoms with E-state index in [1.54, 1.807) is 0 Å². The standard InChI is InChI=1S/C18H30O2/c1-2-14-6-5-7-15(12-14)17(19)16-8-11-20-18(13-16)9-3-4-10-18/h14-16H,2-13H2,1H3. The van der Waals surface area contributed by atoms with Crippen LogP contribution in [-0.2, 0) is 9.53 Å². The molecule has 3 atom stereocenters. The fraction of sp³-hybridized carbons (Fsp3) is 0.944. The Morgan fingerprint density at radius 3 is 2.65 bits per heavy atom. The average molecular weight is 278 g/mol. The quantitative estimate of drug-likeness (QED) is 0.759. The molecule has 1 spiro atoms. The minimum Gasteiger partial charge on any atom is -0.375 e. The maximum absolute atomic E-state index is 12.9. The van der Waals surface area contributed by atoms with Crippen LogP contribution in [0.5, 0.6) is 0 Å². The lowest BCUT2D eigenvalue weighted by atomic mass is 9.72. The third-order valence-electron chi connectivity index (χ3n) is 6.17. The fourth-order valence-electron chi connectivity index (χ4n) is 4.89. The van der Waals surface area contributed by atoms with Crippen molar-refractivity contribution in [2.24, 2.45) is 17.8 Å². The molecule has 1 saturated heterocycles. The van der Waals surface area contributed by atoms with Crippen molar-refractivity contribution in [2.75, 3.05) is 6.61 Å². The lowest BCUT2D eigenvalue weighted by molar-refractivity contribution is -0.141. The van der Waals surface area contributed by atoms with Crippen LogP contribution < -0.4 is 0 Å². The second-order valence-electron chi connectivity index (χ2n) is 7.47. The summed E-state index contributed by atoms with van der Waals surface area (Å²) in [7, 11) is 0. The zero-order chi connectivity index (χ0) is 14.0. The molecule has 2 saturated carbocycles. The number of carbonyl (C=O) groups is 1. The maximum Gasteiger partial charge on any atom is 0.139 e. The largest absolute Gasteiger partial charge is 0.375 e. The summed E-state index contributed by atoms with van der Waals surface area (Å²) >= 11 is 0. The van der Waals surface area contributed by atoms with Crippen LogP contribution in [0.3, 0.4) is 0 Å². The van der Waals surface area contributed by atoms with Gasteiger partial charge in [-0.05, 0) is 44.4 Å². The van der Waals surface area contributed by atoms with Crippen molar-refractivity contribution < 1.29 is 9.53 Å². The number of hydrogen-bond donors (Lipinski definition) is 0. The van der Waals surface area contributed by atoms with E-state index >= 15 is 0 Å². The lowest BCUT2D eigenvalue weighted by Gasteiger charge is -2.39. The number of hydrogen-bond acceptors (Lipinski definition) is 2. The van der Waals surface area contributed by atoms with Gasteiger partial charge in [-0.1, -0.05) is 39.0 Å². The van der Waals surface area contributed by atoms with Crippen LogP contribution in [0.1, 0.15) is 77.6 Å². The summed E-state index contributed by atoms with van der Waals surface area (Å²) in [6, 6.07) is 0. The van der Waals surface area contributed by atoms with Gasteiger partial charge in [-0.3, -0.25) is 4.79 Å². The average Bonchev–Trinajstić information content (AvgIpc) is 2.94. The van der Waals surface area contributed by atoms with E-state index in [0.29, 0.717) is 17.6 Å². The van der Waals surface area contributed by atoms with Gasteiger partial charge >= 0.3 is 0 Å². The van der Waals surface area contributed by atoms with E-state index < -0.39 is 0 Å². The second kappa shape index (κ2) is 6.17. The van der Waals surface area contributed by atoms with E-state index in [1.807, 2.05) is 0 Å². The Labute approximate surface area is 123 Å². The van der Waals surface area contributed by atoms with Gasteiger partial charge in [-0.15, -0.1) is 0 Å². The van der Waals surface area contributed by atoms with Crippen molar-refractivity contribution in [1.29, 1.82) is 0 Å². The summed E-state index contributed by atoms with van der Waals surface area (Å²) in [5, 5.41) is 0. The molecule has 0 bridgehead atoms. The van der Waals surface area contributed by atoms with Crippen molar-refractivity contribution in [3.63, 3.8) is 0 Å². The summed E-state index contributed by atoms with van der Waals surface area (Å²) in [6.07, 6.45) is 13.2. The molecule has 0 aromatic rings. The highest BCUT2D eigenvalue weighted by atomic mass is 16.5. The van der Waals surface area contributed by atoms with Crippen LogP contribution in [0, 0.1) is 17.8 Å². The highest BCUT2D eigenvalue weighted by Gasteiger charge is 2.43. The molecule has 0 aromatic carbocycles. The molecule has 114 valence electrons. The van der Waals surface area contributed by atoms with E-state index in [2.05, 4.69) is 6.92 Å². The predicted molar refractivity (Wildman–Crippen MR) is 80.6 cm³/mol. The van der Waals surface area contributed by atoms with Crippen LogP contribution in [0.25, 0.3) is 0 Å². The molecule has 1 heterocycles. The van der Waals surface area contributed by atoms with Gasteiger partial charge < -0.3 is 4.74 Å². The van der Waals surface area contributed by atoms with Crippen LogP contribution in [-0.4, -0.2) is 18.0 Å². The highest BCUT2D eigenvalue weighted by molar-refractivity contribution is 5.83. The first-order valence-corrected chi connectivity index (χ1v) is 8.90. The van der Waals surface area contributed by atoms with Gasteiger partial charge in [-0.25, -0.2) is 0 Å². The van der Waals surface area contributed by atoms with E-state index in [9.17, 15) is 4.79 Å². The van der Waals surface area contributed by atoms with Crippen molar-refractivity contribution in [2.45, 2.75) is 83.2 Å². The number of rotatable bonds is 3. The molecule has 2 aliphatic carbocycles. The van der Waals surface area contributed by atoms with Gasteiger partial charge in [0.25, 0.3) is 0 Å². The summed E-state index contributed by atoms with van der Waals surface area (Å²) in [6.45, 7) is 3.10. The van der Waals surface area contributed by atoms with E-state index in [1.165, 1.54) is 51.4 Å². The number of ether oxygens (including phenoxy) is 1. The Morgan fingerprint density at radius 1 is 1.10 bits per heavy atom.